The molecule has 5 nitrogen and oxygen atoms in total. The predicted octanol–water partition coefficient (Wildman–Crippen LogP) is 0.955. The van der Waals surface area contributed by atoms with E-state index in [4.69, 9.17) is 5.73 Å². The average Bonchev–Trinajstić information content (AvgIpc) is 2.81. The lowest BCUT2D eigenvalue weighted by Crippen LogP contribution is -2.38. The number of aromatic nitrogens is 4. The zero-order valence-corrected chi connectivity index (χ0v) is 9.37. The van der Waals surface area contributed by atoms with E-state index in [1.165, 1.54) is 6.42 Å². The first-order valence-electron chi connectivity index (χ1n) is 5.13. The van der Waals surface area contributed by atoms with Crippen LogP contribution >= 0.6 is 11.3 Å². The first kappa shape index (κ1) is 9.23. The normalized spacial score (nSPS) is 31.5. The highest BCUT2D eigenvalue weighted by atomic mass is 32.1. The zero-order valence-electron chi connectivity index (χ0n) is 8.55. The van der Waals surface area contributed by atoms with Crippen LogP contribution in [-0.2, 0) is 5.41 Å². The van der Waals surface area contributed by atoms with Gasteiger partial charge in [0.2, 0.25) is 4.96 Å². The van der Waals surface area contributed by atoms with Gasteiger partial charge in [-0.15, -0.1) is 10.2 Å². The molecule has 0 amide bonds. The zero-order chi connectivity index (χ0) is 10.5. The van der Waals surface area contributed by atoms with Gasteiger partial charge < -0.3 is 5.73 Å². The predicted molar refractivity (Wildman–Crippen MR) is 57.8 cm³/mol. The molecular formula is C9H13N5S. The van der Waals surface area contributed by atoms with E-state index in [2.05, 4.69) is 22.2 Å². The molecule has 0 saturated heterocycles. The summed E-state index contributed by atoms with van der Waals surface area (Å²) >= 11 is 1.60. The maximum absolute atomic E-state index is 6.16. The molecule has 6 heteroatoms. The Labute approximate surface area is 91.3 Å². The molecule has 1 aliphatic carbocycles. The van der Waals surface area contributed by atoms with Crippen molar-refractivity contribution in [2.75, 3.05) is 0 Å². The topological polar surface area (TPSA) is 69.1 Å². The number of fused-ring (bicyclic) bond motifs is 1. The molecule has 0 aliphatic heterocycles. The van der Waals surface area contributed by atoms with Crippen LogP contribution in [0.1, 0.15) is 31.2 Å². The molecule has 0 bridgehead atoms. The average molecular weight is 223 g/mol. The third-order valence-electron chi connectivity index (χ3n) is 3.40. The fraction of sp³-hybridized carbons (Fsp3) is 0.667. The van der Waals surface area contributed by atoms with E-state index in [9.17, 15) is 0 Å². The molecule has 3 rings (SSSR count). The van der Waals surface area contributed by atoms with E-state index < -0.39 is 0 Å². The van der Waals surface area contributed by atoms with Crippen molar-refractivity contribution in [2.45, 2.75) is 37.6 Å². The van der Waals surface area contributed by atoms with Gasteiger partial charge in [0.05, 0.1) is 0 Å². The molecule has 2 aromatic rings. The molecule has 1 fully saturated rings. The summed E-state index contributed by atoms with van der Waals surface area (Å²) in [6.07, 6.45) is 5.05. The summed E-state index contributed by atoms with van der Waals surface area (Å²) in [6, 6.07) is 0.223. The van der Waals surface area contributed by atoms with Crippen molar-refractivity contribution < 1.29 is 0 Å². The summed E-state index contributed by atoms with van der Waals surface area (Å²) in [4.78, 5) is 0.852. The molecule has 80 valence electrons. The van der Waals surface area contributed by atoms with E-state index in [-0.39, 0.29) is 11.5 Å². The Morgan fingerprint density at radius 1 is 1.67 bits per heavy atom. The van der Waals surface area contributed by atoms with Crippen molar-refractivity contribution in [3.05, 3.63) is 11.3 Å². The van der Waals surface area contributed by atoms with Crippen LogP contribution in [0.3, 0.4) is 0 Å². The van der Waals surface area contributed by atoms with Crippen molar-refractivity contribution in [1.29, 1.82) is 0 Å². The van der Waals surface area contributed by atoms with Crippen molar-refractivity contribution in [2.24, 2.45) is 5.73 Å². The van der Waals surface area contributed by atoms with Crippen LogP contribution < -0.4 is 5.73 Å². The van der Waals surface area contributed by atoms with Gasteiger partial charge in [-0.1, -0.05) is 24.7 Å². The lowest BCUT2D eigenvalue weighted by Gasteiger charge is -2.25. The van der Waals surface area contributed by atoms with Gasteiger partial charge in [0.15, 0.2) is 0 Å². The summed E-state index contributed by atoms with van der Waals surface area (Å²) in [5.41, 5.74) is 6.19. The SMILES string of the molecule is CC1(c2nn3cnnc3s2)CCCC1N. The molecule has 1 saturated carbocycles. The van der Waals surface area contributed by atoms with Gasteiger partial charge in [0.1, 0.15) is 11.3 Å². The van der Waals surface area contributed by atoms with Gasteiger partial charge >= 0.3 is 0 Å². The van der Waals surface area contributed by atoms with Gasteiger partial charge in [-0.3, -0.25) is 0 Å². The third-order valence-corrected chi connectivity index (χ3v) is 4.60. The Kier molecular flexibility index (Phi) is 1.84. The molecule has 2 atom stereocenters. The molecular weight excluding hydrogens is 210 g/mol. The highest BCUT2D eigenvalue weighted by Crippen LogP contribution is 2.41. The smallest absolute Gasteiger partial charge is 0.234 e. The molecule has 0 radical (unpaired) electrons. The van der Waals surface area contributed by atoms with E-state index >= 15 is 0 Å². The summed E-state index contributed by atoms with van der Waals surface area (Å²) in [5, 5.41) is 13.4. The van der Waals surface area contributed by atoms with Gasteiger partial charge in [0.25, 0.3) is 0 Å². The minimum atomic E-state index is 0.0331. The van der Waals surface area contributed by atoms with E-state index in [1.807, 2.05) is 0 Å². The molecule has 2 aromatic heterocycles. The Hall–Kier alpha value is -1.01. The van der Waals surface area contributed by atoms with Gasteiger partial charge in [0, 0.05) is 11.5 Å². The number of nitrogens with zero attached hydrogens (tertiary/aromatic N) is 4. The lowest BCUT2D eigenvalue weighted by molar-refractivity contribution is 0.423. The molecule has 2 heterocycles. The fourth-order valence-corrected chi connectivity index (χ4v) is 3.31. The highest BCUT2D eigenvalue weighted by Gasteiger charge is 2.40. The quantitative estimate of drug-likeness (QED) is 0.781. The molecule has 0 aromatic carbocycles. The highest BCUT2D eigenvalue weighted by molar-refractivity contribution is 7.16. The van der Waals surface area contributed by atoms with Crippen molar-refractivity contribution in [1.82, 2.24) is 19.8 Å². The van der Waals surface area contributed by atoms with Gasteiger partial charge in [-0.05, 0) is 12.8 Å². The molecule has 2 unspecified atom stereocenters. The summed E-state index contributed by atoms with van der Waals surface area (Å²) in [5.74, 6) is 0. The van der Waals surface area contributed by atoms with E-state index in [1.54, 1.807) is 22.2 Å². The maximum Gasteiger partial charge on any atom is 0.234 e. The standard InChI is InChI=1S/C9H13N5S/c1-9(4-2-3-6(9)10)7-13-14-5-11-12-8(14)15-7/h5-6H,2-4,10H2,1H3. The Bertz CT molecular complexity index is 461. The van der Waals surface area contributed by atoms with Crippen LogP contribution in [0.4, 0.5) is 0 Å². The Balaban J connectivity index is 2.09. The molecule has 0 spiro atoms. The second kappa shape index (κ2) is 2.99. The van der Waals surface area contributed by atoms with Crippen molar-refractivity contribution in [3.63, 3.8) is 0 Å². The Morgan fingerprint density at radius 3 is 3.20 bits per heavy atom. The number of nitrogens with two attached hydrogens (primary N) is 1. The number of hydrogen-bond acceptors (Lipinski definition) is 5. The van der Waals surface area contributed by atoms with Crippen LogP contribution in [0.25, 0.3) is 4.96 Å². The van der Waals surface area contributed by atoms with Crippen molar-refractivity contribution in [3.8, 4) is 0 Å². The van der Waals surface area contributed by atoms with Crippen LogP contribution in [-0.4, -0.2) is 25.9 Å². The molecule has 2 N–H and O–H groups in total. The third kappa shape index (κ3) is 1.21. The van der Waals surface area contributed by atoms with Crippen LogP contribution in [0.5, 0.6) is 0 Å². The number of hydrogen-bond donors (Lipinski definition) is 1. The number of rotatable bonds is 1. The summed E-state index contributed by atoms with van der Waals surface area (Å²) in [6.45, 7) is 2.20. The summed E-state index contributed by atoms with van der Waals surface area (Å²) in [7, 11) is 0. The van der Waals surface area contributed by atoms with Gasteiger partial charge in [-0.25, -0.2) is 0 Å². The maximum atomic E-state index is 6.16. The summed E-state index contributed by atoms with van der Waals surface area (Å²) < 4.78 is 1.73. The Morgan fingerprint density at radius 2 is 2.53 bits per heavy atom. The minimum absolute atomic E-state index is 0.0331. The second-order valence-electron chi connectivity index (χ2n) is 4.38. The van der Waals surface area contributed by atoms with Crippen molar-refractivity contribution >= 4 is 16.3 Å². The minimum Gasteiger partial charge on any atom is -0.327 e. The molecule has 1 aliphatic rings. The van der Waals surface area contributed by atoms with E-state index in [0.29, 0.717) is 0 Å². The molecule has 15 heavy (non-hydrogen) atoms. The van der Waals surface area contributed by atoms with Gasteiger partial charge in [-0.2, -0.15) is 9.61 Å². The fourth-order valence-electron chi connectivity index (χ4n) is 2.25. The monoisotopic (exact) mass is 223 g/mol. The first-order chi connectivity index (χ1) is 7.20. The first-order valence-corrected chi connectivity index (χ1v) is 5.95. The second-order valence-corrected chi connectivity index (χ2v) is 5.34. The van der Waals surface area contributed by atoms with E-state index in [0.717, 1.165) is 22.8 Å². The van der Waals surface area contributed by atoms with Crippen LogP contribution in [0, 0.1) is 0 Å². The lowest BCUT2D eigenvalue weighted by atomic mass is 9.86. The largest absolute Gasteiger partial charge is 0.327 e. The van der Waals surface area contributed by atoms with Crippen LogP contribution in [0.2, 0.25) is 0 Å². The van der Waals surface area contributed by atoms with Crippen LogP contribution in [0.15, 0.2) is 6.33 Å².